The molecular formula is C22H24N4O4S2. The Bertz CT molecular complexity index is 1220. The summed E-state index contributed by atoms with van der Waals surface area (Å²) in [4.78, 5) is 4.83. The van der Waals surface area contributed by atoms with Crippen LogP contribution in [0.25, 0.3) is 11.3 Å². The van der Waals surface area contributed by atoms with Crippen LogP contribution in [0.15, 0.2) is 57.8 Å². The molecule has 10 heteroatoms. The normalized spacial score (nSPS) is 14.7. The first-order chi connectivity index (χ1) is 15.5. The highest BCUT2D eigenvalue weighted by atomic mass is 32.2. The van der Waals surface area contributed by atoms with Crippen molar-refractivity contribution >= 4 is 32.7 Å². The zero-order valence-corrected chi connectivity index (χ0v) is 19.4. The number of ether oxygens (including phenoxy) is 2. The minimum absolute atomic E-state index is 0.297. The summed E-state index contributed by atoms with van der Waals surface area (Å²) in [5.41, 5.74) is 5.20. The van der Waals surface area contributed by atoms with Crippen LogP contribution in [0.1, 0.15) is 18.4 Å². The van der Waals surface area contributed by atoms with E-state index in [-0.39, 0.29) is 0 Å². The van der Waals surface area contributed by atoms with Gasteiger partial charge in [0.05, 0.1) is 31.0 Å². The first-order valence-corrected chi connectivity index (χ1v) is 12.4. The van der Waals surface area contributed by atoms with E-state index in [4.69, 9.17) is 9.47 Å². The van der Waals surface area contributed by atoms with E-state index in [1.807, 2.05) is 29.6 Å². The minimum Gasteiger partial charge on any atom is -0.493 e. The molecule has 32 heavy (non-hydrogen) atoms. The Morgan fingerprint density at radius 3 is 2.62 bits per heavy atom. The lowest BCUT2D eigenvalue weighted by Crippen LogP contribution is -2.27. The monoisotopic (exact) mass is 472 g/mol. The largest absolute Gasteiger partial charge is 0.493 e. The lowest BCUT2D eigenvalue weighted by atomic mass is 10.2. The smallest absolute Gasteiger partial charge is 0.243 e. The van der Waals surface area contributed by atoms with Gasteiger partial charge in [0.25, 0.3) is 0 Å². The average molecular weight is 473 g/mol. The zero-order chi connectivity index (χ0) is 22.6. The number of anilines is 1. The Morgan fingerprint density at radius 2 is 1.88 bits per heavy atom. The van der Waals surface area contributed by atoms with Gasteiger partial charge in [-0.15, -0.1) is 11.3 Å². The molecule has 1 aromatic heterocycles. The van der Waals surface area contributed by atoms with E-state index in [0.717, 1.165) is 24.0 Å². The number of benzene rings is 2. The second-order valence-corrected chi connectivity index (χ2v) is 9.96. The summed E-state index contributed by atoms with van der Waals surface area (Å²) in [6.07, 6.45) is 3.47. The van der Waals surface area contributed by atoms with Gasteiger partial charge in [-0.1, -0.05) is 12.1 Å². The molecular weight excluding hydrogens is 448 g/mol. The van der Waals surface area contributed by atoms with Crippen molar-refractivity contribution in [3.8, 4) is 22.8 Å². The molecule has 0 aliphatic carbocycles. The molecule has 1 N–H and O–H groups in total. The van der Waals surface area contributed by atoms with E-state index in [2.05, 4.69) is 15.5 Å². The van der Waals surface area contributed by atoms with E-state index in [9.17, 15) is 8.42 Å². The number of nitrogens with one attached hydrogen (secondary N) is 1. The van der Waals surface area contributed by atoms with Crippen molar-refractivity contribution < 1.29 is 17.9 Å². The summed E-state index contributed by atoms with van der Waals surface area (Å²) in [5.74, 6) is 1.27. The third kappa shape index (κ3) is 4.77. The van der Waals surface area contributed by atoms with Crippen LogP contribution in [-0.2, 0) is 10.0 Å². The van der Waals surface area contributed by atoms with Crippen LogP contribution in [0.5, 0.6) is 11.5 Å². The summed E-state index contributed by atoms with van der Waals surface area (Å²) < 4.78 is 37.8. The molecule has 0 unspecified atom stereocenters. The number of rotatable bonds is 8. The molecule has 1 aliphatic heterocycles. The van der Waals surface area contributed by atoms with Gasteiger partial charge in [0, 0.05) is 24.0 Å². The minimum atomic E-state index is -3.47. The highest BCUT2D eigenvalue weighted by molar-refractivity contribution is 7.89. The molecule has 2 aromatic carbocycles. The maximum atomic E-state index is 12.8. The van der Waals surface area contributed by atoms with Crippen LogP contribution in [-0.4, -0.2) is 51.2 Å². The highest BCUT2D eigenvalue weighted by Crippen LogP contribution is 2.29. The van der Waals surface area contributed by atoms with Crippen LogP contribution in [0.3, 0.4) is 0 Å². The van der Waals surface area contributed by atoms with E-state index in [0.29, 0.717) is 40.3 Å². The molecule has 0 saturated carbocycles. The summed E-state index contributed by atoms with van der Waals surface area (Å²) in [7, 11) is -0.297. The van der Waals surface area contributed by atoms with Crippen LogP contribution < -0.4 is 14.9 Å². The predicted octanol–water partition coefficient (Wildman–Crippen LogP) is 4.06. The van der Waals surface area contributed by atoms with Crippen LogP contribution in [0.4, 0.5) is 5.13 Å². The molecule has 1 fully saturated rings. The Balaban J connectivity index is 1.47. The number of hydrogen-bond donors (Lipinski definition) is 1. The molecule has 0 spiro atoms. The van der Waals surface area contributed by atoms with Gasteiger partial charge in [0.2, 0.25) is 15.2 Å². The number of methoxy groups -OCH3 is 2. The fourth-order valence-corrected chi connectivity index (χ4v) is 5.68. The standard InChI is InChI=1S/C22H24N4O4S2/c1-29-20-9-8-16(12-21(20)30-2)14-23-25-22-24-19(15-31-22)17-6-5-7-18(13-17)32(27,28)26-10-3-4-11-26/h5-9,12-15H,3-4,10-11H2,1-2H3,(H,24,25)/b23-14+. The third-order valence-corrected chi connectivity index (χ3v) is 7.76. The van der Waals surface area contributed by atoms with Gasteiger partial charge in [-0.05, 0) is 48.7 Å². The van der Waals surface area contributed by atoms with E-state index >= 15 is 0 Å². The van der Waals surface area contributed by atoms with E-state index in [1.54, 1.807) is 42.9 Å². The van der Waals surface area contributed by atoms with Crippen molar-refractivity contribution in [2.75, 3.05) is 32.7 Å². The van der Waals surface area contributed by atoms with Crippen LogP contribution >= 0.6 is 11.3 Å². The summed E-state index contributed by atoms with van der Waals surface area (Å²) in [5, 5.41) is 6.71. The third-order valence-electron chi connectivity index (χ3n) is 5.12. The maximum absolute atomic E-state index is 12.8. The first-order valence-electron chi connectivity index (χ1n) is 10.1. The summed E-state index contributed by atoms with van der Waals surface area (Å²) in [6.45, 7) is 1.16. The van der Waals surface area contributed by atoms with Crippen molar-refractivity contribution in [1.29, 1.82) is 0 Å². The quantitative estimate of drug-likeness (QED) is 0.393. The van der Waals surface area contributed by atoms with Crippen molar-refractivity contribution in [2.45, 2.75) is 17.7 Å². The highest BCUT2D eigenvalue weighted by Gasteiger charge is 2.27. The van der Waals surface area contributed by atoms with Gasteiger partial charge in [0.15, 0.2) is 11.5 Å². The molecule has 4 rings (SSSR count). The zero-order valence-electron chi connectivity index (χ0n) is 17.8. The number of nitrogens with zero attached hydrogens (tertiary/aromatic N) is 3. The molecule has 168 valence electrons. The van der Waals surface area contributed by atoms with Gasteiger partial charge < -0.3 is 9.47 Å². The molecule has 8 nitrogen and oxygen atoms in total. The molecule has 1 aliphatic rings. The Hall–Kier alpha value is -2.95. The number of hydrogen-bond acceptors (Lipinski definition) is 8. The number of thiazole rings is 1. The predicted molar refractivity (Wildman–Crippen MR) is 126 cm³/mol. The molecule has 0 radical (unpaired) electrons. The van der Waals surface area contributed by atoms with Gasteiger partial charge in [-0.3, -0.25) is 5.43 Å². The van der Waals surface area contributed by atoms with Gasteiger partial charge in [-0.2, -0.15) is 9.41 Å². The number of sulfonamides is 1. The van der Waals surface area contributed by atoms with Crippen LogP contribution in [0, 0.1) is 0 Å². The topological polar surface area (TPSA) is 93.1 Å². The maximum Gasteiger partial charge on any atom is 0.243 e. The molecule has 0 atom stereocenters. The lowest BCUT2D eigenvalue weighted by Gasteiger charge is -2.15. The molecule has 3 aromatic rings. The average Bonchev–Trinajstić information content (AvgIpc) is 3.52. The van der Waals surface area contributed by atoms with Gasteiger partial charge >= 0.3 is 0 Å². The SMILES string of the molecule is COc1ccc(/C=N/Nc2nc(-c3cccc(S(=O)(=O)N4CCCC4)c3)cs2)cc1OC. The lowest BCUT2D eigenvalue weighted by molar-refractivity contribution is 0.355. The van der Waals surface area contributed by atoms with Crippen molar-refractivity contribution in [3.05, 3.63) is 53.4 Å². The Kier molecular flexibility index (Phi) is 6.73. The van der Waals surface area contributed by atoms with Crippen molar-refractivity contribution in [3.63, 3.8) is 0 Å². The Labute approximate surface area is 191 Å². The number of hydrazone groups is 1. The van der Waals surface area contributed by atoms with Crippen molar-refractivity contribution in [2.24, 2.45) is 5.10 Å². The van der Waals surface area contributed by atoms with Gasteiger partial charge in [0.1, 0.15) is 0 Å². The summed E-state index contributed by atoms with van der Waals surface area (Å²) in [6, 6.07) is 12.4. The second kappa shape index (κ2) is 9.68. The molecule has 0 amide bonds. The van der Waals surface area contributed by atoms with Crippen molar-refractivity contribution in [1.82, 2.24) is 9.29 Å². The second-order valence-electron chi connectivity index (χ2n) is 7.16. The van der Waals surface area contributed by atoms with Gasteiger partial charge in [-0.25, -0.2) is 13.4 Å². The van der Waals surface area contributed by atoms with E-state index < -0.39 is 10.0 Å². The molecule has 0 bridgehead atoms. The first kappa shape index (κ1) is 22.3. The van der Waals surface area contributed by atoms with E-state index in [1.165, 1.54) is 11.3 Å². The fourth-order valence-electron chi connectivity index (χ4n) is 3.45. The van der Waals surface area contributed by atoms with Crippen LogP contribution in [0.2, 0.25) is 0 Å². The Morgan fingerprint density at radius 1 is 1.09 bits per heavy atom. The molecule has 2 heterocycles. The fraction of sp³-hybridized carbons (Fsp3) is 0.273. The summed E-state index contributed by atoms with van der Waals surface area (Å²) >= 11 is 1.39. The molecule has 1 saturated heterocycles. The number of aromatic nitrogens is 1.